The van der Waals surface area contributed by atoms with E-state index in [1.807, 2.05) is 13.0 Å². The molecular weight excluding hydrogens is 684 g/mol. The summed E-state index contributed by atoms with van der Waals surface area (Å²) in [6, 6.07) is 5.46. The van der Waals surface area contributed by atoms with Gasteiger partial charge in [-0.3, -0.25) is 24.0 Å². The van der Waals surface area contributed by atoms with Crippen LogP contribution in [0.4, 0.5) is 4.79 Å². The molecule has 15 heteroatoms. The Hall–Kier alpha value is -4.95. The minimum atomic E-state index is -1.08. The number of aryl methyl sites for hydroxylation is 1. The number of piperazine rings is 1. The number of nitrogens with zero attached hydrogens (tertiary/aromatic N) is 4. The number of fused-ring (bicyclic) bond motifs is 1. The first kappa shape index (κ1) is 37.8. The zero-order valence-electron chi connectivity index (χ0n) is 30.6. The van der Waals surface area contributed by atoms with Crippen LogP contribution in [0.2, 0.25) is 0 Å². The topological polar surface area (TPSA) is 177 Å². The van der Waals surface area contributed by atoms with Crippen LogP contribution in [0.25, 0.3) is 10.9 Å². The lowest BCUT2D eigenvalue weighted by molar-refractivity contribution is -0.153. The molecule has 4 aliphatic rings. The van der Waals surface area contributed by atoms with E-state index in [0.29, 0.717) is 23.9 Å². The van der Waals surface area contributed by atoms with E-state index in [0.717, 1.165) is 50.5 Å². The Kier molecular flexibility index (Phi) is 12.3. The van der Waals surface area contributed by atoms with Gasteiger partial charge in [-0.2, -0.15) is 0 Å². The highest BCUT2D eigenvalue weighted by atomic mass is 16.6. The number of amides is 5. The first-order valence-electron chi connectivity index (χ1n) is 18.9. The summed E-state index contributed by atoms with van der Waals surface area (Å²) in [4.78, 5) is 88.2. The Bertz CT molecular complexity index is 1700. The second-order valence-corrected chi connectivity index (χ2v) is 14.3. The maximum Gasteiger partial charge on any atom is 0.409 e. The van der Waals surface area contributed by atoms with Crippen molar-refractivity contribution >= 4 is 46.6 Å². The van der Waals surface area contributed by atoms with Crippen molar-refractivity contribution < 1.29 is 43.0 Å². The van der Waals surface area contributed by atoms with Gasteiger partial charge in [-0.1, -0.05) is 6.07 Å². The minimum Gasteiger partial charge on any atom is -0.483 e. The summed E-state index contributed by atoms with van der Waals surface area (Å²) < 4.78 is 16.7. The fraction of sp³-hybridized carbons (Fsp3) is 0.605. The van der Waals surface area contributed by atoms with Crippen LogP contribution in [0.3, 0.4) is 0 Å². The molecule has 2 saturated carbocycles. The molecule has 1 aromatic heterocycles. The highest BCUT2D eigenvalue weighted by molar-refractivity contribution is 5.99. The van der Waals surface area contributed by atoms with Crippen molar-refractivity contribution in [1.29, 1.82) is 0 Å². The lowest BCUT2D eigenvalue weighted by Gasteiger charge is -2.36. The molecular formula is C38H50N6O9. The molecule has 0 bridgehead atoms. The fourth-order valence-corrected chi connectivity index (χ4v) is 6.98. The number of aromatic nitrogens is 1. The van der Waals surface area contributed by atoms with Gasteiger partial charge in [-0.25, -0.2) is 9.78 Å². The molecule has 6 rings (SSSR count). The van der Waals surface area contributed by atoms with Crippen LogP contribution in [0.1, 0.15) is 87.2 Å². The summed E-state index contributed by atoms with van der Waals surface area (Å²) in [5.74, 6) is -1.70. The molecule has 2 saturated heterocycles. The van der Waals surface area contributed by atoms with Gasteiger partial charge in [0.15, 0.2) is 6.61 Å². The van der Waals surface area contributed by atoms with E-state index >= 15 is 0 Å². The Balaban J connectivity index is 1.16. The molecule has 5 amide bonds. The van der Waals surface area contributed by atoms with Crippen molar-refractivity contribution in [3.05, 3.63) is 35.5 Å². The number of carbonyl (C=O) groups is 6. The third-order valence-electron chi connectivity index (χ3n) is 10.5. The molecule has 286 valence electrons. The number of rotatable bonds is 13. The summed E-state index contributed by atoms with van der Waals surface area (Å²) in [7, 11) is 0. The van der Waals surface area contributed by atoms with E-state index in [-0.39, 0.29) is 87.6 Å². The summed E-state index contributed by atoms with van der Waals surface area (Å²) in [6.07, 6.45) is 6.30. The monoisotopic (exact) mass is 734 g/mol. The number of esters is 1. The van der Waals surface area contributed by atoms with Crippen LogP contribution in [-0.2, 0) is 28.7 Å². The Morgan fingerprint density at radius 3 is 2.32 bits per heavy atom. The molecule has 2 unspecified atom stereocenters. The van der Waals surface area contributed by atoms with Crippen LogP contribution >= 0.6 is 0 Å². The summed E-state index contributed by atoms with van der Waals surface area (Å²) in [5.41, 5.74) is 1.31. The lowest BCUT2D eigenvalue weighted by atomic mass is 9.93. The zero-order valence-corrected chi connectivity index (χ0v) is 30.6. The number of hydrogen-bond acceptors (Lipinski definition) is 10. The first-order valence-corrected chi connectivity index (χ1v) is 18.9. The van der Waals surface area contributed by atoms with Crippen molar-refractivity contribution in [2.24, 2.45) is 0 Å². The number of pyridine rings is 1. The maximum absolute atomic E-state index is 13.9. The van der Waals surface area contributed by atoms with Crippen molar-refractivity contribution in [3.63, 3.8) is 0 Å². The molecule has 3 heterocycles. The van der Waals surface area contributed by atoms with Crippen molar-refractivity contribution in [1.82, 2.24) is 30.3 Å². The molecule has 2 atom stereocenters. The van der Waals surface area contributed by atoms with Gasteiger partial charge in [0.25, 0.3) is 11.8 Å². The second kappa shape index (κ2) is 17.3. The Morgan fingerprint density at radius 1 is 0.906 bits per heavy atom. The molecule has 2 aromatic rings. The third-order valence-corrected chi connectivity index (χ3v) is 10.5. The summed E-state index contributed by atoms with van der Waals surface area (Å²) in [5, 5.41) is 6.44. The SMILES string of the molecule is CCOC(=O)N1CCN(C(=O)C(CCC(=O)OC2CCC2)NC(=O)c2cc(OCC(=O)N3CCCC3C(=O)NC3CCC3)c3ccc(C)cc3n2)CC1. The van der Waals surface area contributed by atoms with Crippen LogP contribution in [0.15, 0.2) is 24.3 Å². The predicted molar refractivity (Wildman–Crippen MR) is 192 cm³/mol. The predicted octanol–water partition coefficient (Wildman–Crippen LogP) is 2.86. The van der Waals surface area contributed by atoms with Crippen LogP contribution in [0, 0.1) is 6.92 Å². The molecule has 2 aliphatic heterocycles. The molecule has 15 nitrogen and oxygen atoms in total. The number of likely N-dealkylation sites (tertiary alicyclic amines) is 1. The van der Waals surface area contributed by atoms with E-state index in [9.17, 15) is 28.8 Å². The van der Waals surface area contributed by atoms with Gasteiger partial charge in [0.1, 0.15) is 29.6 Å². The third kappa shape index (κ3) is 9.35. The van der Waals surface area contributed by atoms with E-state index < -0.39 is 36.0 Å². The highest BCUT2D eigenvalue weighted by Gasteiger charge is 2.36. The van der Waals surface area contributed by atoms with Gasteiger partial charge in [-0.05, 0) is 89.3 Å². The van der Waals surface area contributed by atoms with Crippen LogP contribution in [0.5, 0.6) is 5.75 Å². The summed E-state index contributed by atoms with van der Waals surface area (Å²) >= 11 is 0. The zero-order chi connectivity index (χ0) is 37.5. The van der Waals surface area contributed by atoms with E-state index in [2.05, 4.69) is 15.6 Å². The van der Waals surface area contributed by atoms with Crippen molar-refractivity contribution in [2.75, 3.05) is 45.9 Å². The van der Waals surface area contributed by atoms with Crippen LogP contribution in [-0.4, -0.2) is 126 Å². The fourth-order valence-electron chi connectivity index (χ4n) is 6.98. The normalized spacial score (nSPS) is 19.5. The standard InChI is InChI=1S/C38H50N6O9/c1-3-51-38(50)43-19-17-42(18-20-43)37(49)28(14-15-34(46)53-26-9-5-10-26)41-35(47)30-22-32(27-13-12-24(2)21-29(27)40-30)52-23-33(45)44-16-6-11-31(44)36(48)39-25-7-4-8-25/h12-13,21-22,25-26,28,31H,3-11,14-20,23H2,1-2H3,(H,39,48)(H,41,47). The molecule has 2 aliphatic carbocycles. The van der Waals surface area contributed by atoms with Gasteiger partial charge >= 0.3 is 12.1 Å². The second-order valence-electron chi connectivity index (χ2n) is 14.3. The molecule has 0 spiro atoms. The number of ether oxygens (including phenoxy) is 3. The molecule has 53 heavy (non-hydrogen) atoms. The maximum atomic E-state index is 13.9. The smallest absolute Gasteiger partial charge is 0.409 e. The number of carbonyl (C=O) groups excluding carboxylic acids is 6. The molecule has 2 N–H and O–H groups in total. The van der Waals surface area contributed by atoms with Crippen LogP contribution < -0.4 is 15.4 Å². The van der Waals surface area contributed by atoms with Gasteiger partial charge in [-0.15, -0.1) is 0 Å². The van der Waals surface area contributed by atoms with Crippen molar-refractivity contribution in [2.45, 2.75) is 102 Å². The van der Waals surface area contributed by atoms with Gasteiger partial charge in [0.2, 0.25) is 11.8 Å². The average Bonchev–Trinajstić information content (AvgIpc) is 3.62. The van der Waals surface area contributed by atoms with E-state index in [1.54, 1.807) is 28.9 Å². The van der Waals surface area contributed by atoms with Gasteiger partial charge in [0.05, 0.1) is 12.1 Å². The number of nitrogens with one attached hydrogen (secondary N) is 2. The Labute approximate surface area is 309 Å². The number of benzene rings is 1. The van der Waals surface area contributed by atoms with E-state index in [1.165, 1.54) is 11.0 Å². The first-order chi connectivity index (χ1) is 25.6. The molecule has 0 radical (unpaired) electrons. The van der Waals surface area contributed by atoms with Gasteiger partial charge in [0, 0.05) is 56.6 Å². The summed E-state index contributed by atoms with van der Waals surface area (Å²) in [6.45, 7) is 4.97. The van der Waals surface area contributed by atoms with Crippen molar-refractivity contribution in [3.8, 4) is 5.75 Å². The van der Waals surface area contributed by atoms with E-state index in [4.69, 9.17) is 14.2 Å². The largest absolute Gasteiger partial charge is 0.483 e. The Morgan fingerprint density at radius 2 is 1.64 bits per heavy atom. The lowest BCUT2D eigenvalue weighted by Crippen LogP contribution is -2.56. The number of hydrogen-bond donors (Lipinski definition) is 2. The average molecular weight is 735 g/mol. The molecule has 4 fully saturated rings. The van der Waals surface area contributed by atoms with Gasteiger partial charge < -0.3 is 39.5 Å². The molecule has 1 aromatic carbocycles. The highest BCUT2D eigenvalue weighted by Crippen LogP contribution is 2.28. The minimum absolute atomic E-state index is 0.00406. The quantitative estimate of drug-likeness (QED) is 0.291.